The van der Waals surface area contributed by atoms with Crippen molar-refractivity contribution in [3.8, 4) is 6.07 Å². The van der Waals surface area contributed by atoms with E-state index in [1.54, 1.807) is 0 Å². The van der Waals surface area contributed by atoms with Gasteiger partial charge in [-0.15, -0.1) is 0 Å². The van der Waals surface area contributed by atoms with E-state index in [-0.39, 0.29) is 0 Å². The summed E-state index contributed by atoms with van der Waals surface area (Å²) in [6, 6.07) is 2.17. The highest BCUT2D eigenvalue weighted by atomic mass is 15.1. The first-order valence-electron chi connectivity index (χ1n) is 5.63. The second-order valence-corrected chi connectivity index (χ2v) is 4.54. The zero-order valence-electron chi connectivity index (χ0n) is 10.6. The third-order valence-corrected chi connectivity index (χ3v) is 3.04. The molecule has 3 N–H and O–H groups in total. The fourth-order valence-corrected chi connectivity index (χ4v) is 1.91. The quantitative estimate of drug-likeness (QED) is 0.757. The number of aromatic nitrogens is 1. The Labute approximate surface area is 97.3 Å². The summed E-state index contributed by atoms with van der Waals surface area (Å²) in [4.78, 5) is 1.43. The predicted octanol–water partition coefficient (Wildman–Crippen LogP) is 0.0934. The normalized spacial score (nSPS) is 10.8. The van der Waals surface area contributed by atoms with Crippen LogP contribution in [0.2, 0.25) is 0 Å². The van der Waals surface area contributed by atoms with Crippen molar-refractivity contribution in [1.29, 1.82) is 5.26 Å². The van der Waals surface area contributed by atoms with Crippen molar-refractivity contribution >= 4 is 5.82 Å². The average molecular weight is 221 g/mol. The second kappa shape index (κ2) is 5.04. The fourth-order valence-electron chi connectivity index (χ4n) is 1.91. The molecule has 0 aliphatic heterocycles. The number of nitrogens with zero attached hydrogens (tertiary/aromatic N) is 2. The zero-order valence-corrected chi connectivity index (χ0v) is 10.6. The molecule has 0 fully saturated rings. The molecule has 1 rings (SSSR count). The maximum atomic E-state index is 9.00. The van der Waals surface area contributed by atoms with Crippen LogP contribution in [0.1, 0.15) is 23.2 Å². The Morgan fingerprint density at radius 1 is 1.38 bits per heavy atom. The van der Waals surface area contributed by atoms with E-state index >= 15 is 0 Å². The molecule has 88 valence electrons. The summed E-state index contributed by atoms with van der Waals surface area (Å²) < 4.78 is 2.05. The van der Waals surface area contributed by atoms with Gasteiger partial charge in [-0.3, -0.25) is 0 Å². The number of hydrogen-bond acceptors (Lipinski definition) is 2. The van der Waals surface area contributed by atoms with Crippen LogP contribution < -0.4 is 10.6 Å². The summed E-state index contributed by atoms with van der Waals surface area (Å²) in [5.41, 5.74) is 8.73. The van der Waals surface area contributed by atoms with Crippen LogP contribution in [0.15, 0.2) is 0 Å². The number of nitrogens with one attached hydrogen (secondary N) is 1. The van der Waals surface area contributed by atoms with Crippen molar-refractivity contribution in [1.82, 2.24) is 4.57 Å². The van der Waals surface area contributed by atoms with Crippen LogP contribution in [0.4, 0.5) is 5.82 Å². The summed E-state index contributed by atoms with van der Waals surface area (Å²) in [6.45, 7) is 5.98. The lowest BCUT2D eigenvalue weighted by Gasteiger charge is -2.10. The smallest absolute Gasteiger partial charge is 0.122 e. The number of nitriles is 1. The molecule has 0 spiro atoms. The molecule has 0 bridgehead atoms. The van der Waals surface area contributed by atoms with E-state index in [1.807, 2.05) is 13.8 Å². The maximum Gasteiger partial charge on any atom is 0.122 e. The molecule has 0 atom stereocenters. The molecular weight excluding hydrogens is 200 g/mol. The van der Waals surface area contributed by atoms with Crippen LogP contribution in [-0.2, 0) is 6.54 Å². The van der Waals surface area contributed by atoms with Gasteiger partial charge in [0.05, 0.1) is 26.2 Å². The predicted molar refractivity (Wildman–Crippen MR) is 65.3 cm³/mol. The average Bonchev–Trinajstić information content (AvgIpc) is 2.41. The highest BCUT2D eigenvalue weighted by molar-refractivity contribution is 5.57. The number of hydrogen-bond donors (Lipinski definition) is 2. The molecule has 0 saturated heterocycles. The molecule has 0 aromatic carbocycles. The second-order valence-electron chi connectivity index (χ2n) is 4.54. The number of anilines is 1. The lowest BCUT2D eigenvalue weighted by molar-refractivity contribution is -0.858. The van der Waals surface area contributed by atoms with Crippen LogP contribution in [0.3, 0.4) is 0 Å². The Balaban J connectivity index is 2.85. The summed E-state index contributed by atoms with van der Waals surface area (Å²) in [5.74, 6) is 0.617. The first-order valence-corrected chi connectivity index (χ1v) is 5.63. The van der Waals surface area contributed by atoms with E-state index in [0.29, 0.717) is 11.4 Å². The van der Waals surface area contributed by atoms with Gasteiger partial charge in [0.25, 0.3) is 0 Å². The van der Waals surface area contributed by atoms with Gasteiger partial charge in [-0.1, -0.05) is 0 Å². The van der Waals surface area contributed by atoms with Crippen LogP contribution in [-0.4, -0.2) is 25.2 Å². The highest BCUT2D eigenvalue weighted by Gasteiger charge is 2.14. The zero-order chi connectivity index (χ0) is 12.3. The van der Waals surface area contributed by atoms with Crippen molar-refractivity contribution in [3.05, 3.63) is 16.8 Å². The molecule has 0 saturated carbocycles. The molecule has 16 heavy (non-hydrogen) atoms. The van der Waals surface area contributed by atoms with E-state index in [2.05, 4.69) is 24.7 Å². The van der Waals surface area contributed by atoms with Crippen LogP contribution >= 0.6 is 0 Å². The van der Waals surface area contributed by atoms with Gasteiger partial charge >= 0.3 is 0 Å². The van der Waals surface area contributed by atoms with Crippen molar-refractivity contribution < 1.29 is 4.90 Å². The van der Waals surface area contributed by atoms with Gasteiger partial charge < -0.3 is 15.2 Å². The first kappa shape index (κ1) is 12.6. The third kappa shape index (κ3) is 2.37. The number of nitrogen functional groups attached to an aromatic ring is 1. The Kier molecular flexibility index (Phi) is 3.97. The monoisotopic (exact) mass is 221 g/mol. The molecule has 0 unspecified atom stereocenters. The molecule has 4 heteroatoms. The Morgan fingerprint density at radius 3 is 2.44 bits per heavy atom. The van der Waals surface area contributed by atoms with Gasteiger partial charge in [0.2, 0.25) is 0 Å². The highest BCUT2D eigenvalue weighted by Crippen LogP contribution is 2.23. The van der Waals surface area contributed by atoms with Crippen molar-refractivity contribution in [3.63, 3.8) is 0 Å². The minimum atomic E-state index is 0.617. The fraction of sp³-hybridized carbons (Fsp3) is 0.583. The Bertz CT molecular complexity index is 410. The minimum absolute atomic E-state index is 0.617. The molecule has 0 amide bonds. The van der Waals surface area contributed by atoms with Gasteiger partial charge in [0.15, 0.2) is 0 Å². The van der Waals surface area contributed by atoms with E-state index in [9.17, 15) is 0 Å². The minimum Gasteiger partial charge on any atom is -0.384 e. The number of rotatable bonds is 4. The first-order chi connectivity index (χ1) is 7.49. The van der Waals surface area contributed by atoms with Gasteiger partial charge in [-0.2, -0.15) is 5.26 Å². The van der Waals surface area contributed by atoms with Gasteiger partial charge in [-0.25, -0.2) is 0 Å². The van der Waals surface area contributed by atoms with Gasteiger partial charge in [0, 0.05) is 18.7 Å². The van der Waals surface area contributed by atoms with Gasteiger partial charge in [0.1, 0.15) is 11.9 Å². The largest absolute Gasteiger partial charge is 0.384 e. The summed E-state index contributed by atoms with van der Waals surface area (Å²) in [5, 5.41) is 9.00. The van der Waals surface area contributed by atoms with Crippen LogP contribution in [0, 0.1) is 25.2 Å². The Morgan fingerprint density at radius 2 is 2.00 bits per heavy atom. The molecule has 4 nitrogen and oxygen atoms in total. The standard InChI is InChI=1S/C12H20N4/c1-9-10(2)16(7-5-6-15(3)4)12(14)11(9)8-13/h5-7,14H2,1-4H3/p+1. The van der Waals surface area contributed by atoms with Crippen LogP contribution in [0.25, 0.3) is 0 Å². The van der Waals surface area contributed by atoms with Crippen molar-refractivity contribution in [2.45, 2.75) is 26.8 Å². The lowest BCUT2D eigenvalue weighted by Crippen LogP contribution is -3.05. The number of nitrogens with two attached hydrogens (primary N) is 1. The van der Waals surface area contributed by atoms with E-state index in [1.165, 1.54) is 4.90 Å². The van der Waals surface area contributed by atoms with Crippen molar-refractivity contribution in [2.24, 2.45) is 0 Å². The SMILES string of the molecule is Cc1c(C#N)c(N)n(CCC[NH+](C)C)c1C. The molecule has 1 heterocycles. The molecule has 0 aliphatic rings. The molecule has 1 aromatic rings. The molecule has 1 aromatic heterocycles. The molecule has 0 radical (unpaired) electrons. The molecule has 0 aliphatic carbocycles. The van der Waals surface area contributed by atoms with Gasteiger partial charge in [-0.05, 0) is 19.4 Å². The summed E-state index contributed by atoms with van der Waals surface area (Å²) in [6.07, 6.45) is 1.08. The number of quaternary nitrogens is 1. The Hall–Kier alpha value is -1.47. The maximum absolute atomic E-state index is 9.00. The van der Waals surface area contributed by atoms with E-state index in [0.717, 1.165) is 30.8 Å². The lowest BCUT2D eigenvalue weighted by atomic mass is 10.2. The topological polar surface area (TPSA) is 59.2 Å². The summed E-state index contributed by atoms with van der Waals surface area (Å²) >= 11 is 0. The van der Waals surface area contributed by atoms with Crippen LogP contribution in [0.5, 0.6) is 0 Å². The molecular formula is C12H21N4+. The van der Waals surface area contributed by atoms with E-state index < -0.39 is 0 Å². The third-order valence-electron chi connectivity index (χ3n) is 3.04. The van der Waals surface area contributed by atoms with Crippen molar-refractivity contribution in [2.75, 3.05) is 26.4 Å². The van der Waals surface area contributed by atoms with E-state index in [4.69, 9.17) is 11.0 Å². The summed E-state index contributed by atoms with van der Waals surface area (Å²) in [7, 11) is 4.27.